The largest absolute Gasteiger partial charge is 0.412 e. The standard InChI is InChI=1S/C58H60OSi2.C44H51BrOSi3.5C2H6OSi/c1-60(2,54-37-19-9-20-38-54)58(53-35-17-8-18-36-53)43-25-28-49-45-47(26-23-41-56(50-29-11-5-12-30-50)51-31-13-6-14-32-51)44-48(46-49)27-24-42-57(52-33-15-7-16-34-52)59-61(3,4)55-39-21-10-22-40-55;1-47(2,40-25-13-8-14-26-40)43(38-23-11-7-12-24-38)31-19-21-36-33-37(35-39(45)34-36)22-20-32-44(48(3,4)41-27-15-9-16-28-41)46-49(5,6)42-29-17-10-18-30-42;5*1-4(2)3/h5-40,44-46,56-58H,41-43H2,1-4H3;7-30,33-35,43-44H,31-32H2,1-6H3;5*1-2H3/b26-23-,27-24-,28-25-;21-19-,22-20-;;;;;. The molecule has 12 aromatic rings. The molecule has 0 aromatic heterocycles. The first-order chi connectivity index (χ1) is 61.9. The van der Waals surface area contributed by atoms with E-state index in [1.807, 2.05) is 0 Å². The van der Waals surface area contributed by atoms with Crippen LogP contribution >= 0.6 is 15.9 Å². The van der Waals surface area contributed by atoms with Gasteiger partial charge >= 0.3 is 0 Å². The zero-order valence-corrected chi connectivity index (χ0v) is 92.3. The van der Waals surface area contributed by atoms with Crippen LogP contribution in [-0.2, 0) is 31.2 Å². The molecule has 0 aliphatic heterocycles. The predicted octanol–water partition coefficient (Wildman–Crippen LogP) is 28.7. The molecule has 12 rings (SSSR count). The normalized spacial score (nSPS) is 12.5. The fraction of sp³-hybridized carbons (Fsp3) is 0.268. The van der Waals surface area contributed by atoms with Crippen molar-refractivity contribution in [1.29, 1.82) is 0 Å². The Balaban J connectivity index is 0.000000336. The lowest BCUT2D eigenvalue weighted by Gasteiger charge is -2.38. The van der Waals surface area contributed by atoms with Gasteiger partial charge in [-0.2, -0.15) is 0 Å². The average molecular weight is 1960 g/mol. The van der Waals surface area contributed by atoms with Crippen LogP contribution in [0.2, 0.25) is 131 Å². The average Bonchev–Trinajstić information content (AvgIpc) is 0.813. The van der Waals surface area contributed by atoms with Gasteiger partial charge in [-0.25, -0.2) is 0 Å². The van der Waals surface area contributed by atoms with Gasteiger partial charge in [-0.15, -0.1) is 0 Å². The molecule has 4 atom stereocenters. The van der Waals surface area contributed by atoms with Crippen LogP contribution < -0.4 is 25.9 Å². The summed E-state index contributed by atoms with van der Waals surface area (Å²) in [6, 6.07) is 123. The van der Waals surface area contributed by atoms with E-state index in [0.717, 1.165) is 36.6 Å². The summed E-state index contributed by atoms with van der Waals surface area (Å²) < 4.78 is 63.6. The topological polar surface area (TPSA) is 104 Å². The number of benzene rings is 12. The maximum Gasteiger partial charge on any atom is 0.270 e. The molecule has 0 aliphatic carbocycles. The third-order valence-electron chi connectivity index (χ3n) is 22.2. The SMILES string of the molecule is C[Si](C)(OC(C/C=C\c1cc(/C=C\CC(c2ccccc2)c2ccccc2)cc(/C=C\CC(c2ccccc2)[Si](C)(C)c2ccccc2)c1)c1ccccc1)c1ccccc1.C[Si](C)(OC(C/C=C\c1cc(Br)cc(/C=C\CC(c2ccccc2)[Si](C)(C)c2ccccc2)c1)[Si](C)(C)c1ccccc1)c1ccccc1.C[Si](C)=O.C[Si](C)=O.C[Si](C)=O.C[Si](C)=O.C[Si](C)=O. The molecule has 130 heavy (non-hydrogen) atoms. The molecule has 0 heterocycles. The molecule has 0 amide bonds. The third-order valence-corrected chi connectivity index (χ3v) is 40.1. The molecule has 0 N–H and O–H groups in total. The Morgan fingerprint density at radius 3 is 0.762 bits per heavy atom. The van der Waals surface area contributed by atoms with E-state index in [-0.39, 0.29) is 17.7 Å². The fourth-order valence-electron chi connectivity index (χ4n) is 15.5. The molecule has 0 radical (unpaired) electrons. The minimum absolute atomic E-state index is 0.0401. The van der Waals surface area contributed by atoms with Crippen molar-refractivity contribution in [2.24, 2.45) is 0 Å². The highest BCUT2D eigenvalue weighted by atomic mass is 79.9. The monoisotopic (exact) mass is 1960 g/mol. The summed E-state index contributed by atoms with van der Waals surface area (Å²) in [4.78, 5) is 0. The Hall–Kier alpha value is -9.09. The smallest absolute Gasteiger partial charge is 0.270 e. The van der Waals surface area contributed by atoms with Crippen LogP contribution in [0.25, 0.3) is 30.4 Å². The second-order valence-electron chi connectivity index (χ2n) is 36.4. The molecular formula is C112H141BrO7Si10. The lowest BCUT2D eigenvalue weighted by Crippen LogP contribution is -2.59. The summed E-state index contributed by atoms with van der Waals surface area (Å²) in [6.07, 6.45) is 27.9. The number of hydrogen-bond donors (Lipinski definition) is 0. The molecule has 0 bridgehead atoms. The van der Waals surface area contributed by atoms with E-state index in [9.17, 15) is 22.3 Å². The lowest BCUT2D eigenvalue weighted by atomic mass is 9.88. The van der Waals surface area contributed by atoms with Crippen LogP contribution in [0.4, 0.5) is 0 Å². The summed E-state index contributed by atoms with van der Waals surface area (Å²) in [7, 11) is -15.6. The van der Waals surface area contributed by atoms with E-state index in [2.05, 4.69) is 482 Å². The molecule has 12 aromatic carbocycles. The van der Waals surface area contributed by atoms with E-state index in [1.165, 1.54) is 81.6 Å². The van der Waals surface area contributed by atoms with Crippen molar-refractivity contribution in [2.75, 3.05) is 0 Å². The second kappa shape index (κ2) is 57.4. The summed E-state index contributed by atoms with van der Waals surface area (Å²) in [5.41, 5.74) is 13.8. The minimum Gasteiger partial charge on any atom is -0.412 e. The highest BCUT2D eigenvalue weighted by Crippen LogP contribution is 2.36. The first kappa shape index (κ1) is 110. The van der Waals surface area contributed by atoms with Gasteiger partial charge in [-0.1, -0.05) is 435 Å². The molecular weight excluding hydrogens is 1820 g/mol. The summed E-state index contributed by atoms with van der Waals surface area (Å²) in [6.45, 7) is 41.4. The third kappa shape index (κ3) is 40.2. The molecule has 7 nitrogen and oxygen atoms in total. The number of rotatable bonds is 32. The van der Waals surface area contributed by atoms with E-state index < -0.39 is 84.3 Å². The molecule has 0 fully saturated rings. The van der Waals surface area contributed by atoms with Crippen molar-refractivity contribution in [1.82, 2.24) is 0 Å². The minimum atomic E-state index is -2.18. The Labute approximate surface area is 803 Å². The van der Waals surface area contributed by atoms with Gasteiger partial charge < -0.3 is 31.2 Å². The van der Waals surface area contributed by atoms with Gasteiger partial charge in [0.15, 0.2) is 0 Å². The lowest BCUT2D eigenvalue weighted by molar-refractivity contribution is 0.205. The first-order valence-electron chi connectivity index (χ1n) is 45.4. The zero-order valence-electron chi connectivity index (χ0n) is 80.8. The van der Waals surface area contributed by atoms with Crippen LogP contribution in [0, 0.1) is 0 Å². The maximum atomic E-state index is 9.63. The molecule has 0 aliphatic rings. The highest BCUT2D eigenvalue weighted by Gasteiger charge is 2.40. The van der Waals surface area contributed by atoms with Crippen molar-refractivity contribution >= 4 is 157 Å². The quantitative estimate of drug-likeness (QED) is 0.0387. The Morgan fingerprint density at radius 1 is 0.254 bits per heavy atom. The predicted molar refractivity (Wildman–Crippen MR) is 586 cm³/mol. The van der Waals surface area contributed by atoms with Crippen LogP contribution in [-0.4, -0.2) is 90.0 Å². The van der Waals surface area contributed by atoms with Gasteiger partial charge in [-0.05, 0) is 237 Å². The summed E-state index contributed by atoms with van der Waals surface area (Å²) >= 11 is 3.81. The van der Waals surface area contributed by atoms with Crippen molar-refractivity contribution < 1.29 is 31.2 Å². The van der Waals surface area contributed by atoms with Crippen LogP contribution in [0.15, 0.2) is 375 Å². The van der Waals surface area contributed by atoms with E-state index in [1.54, 1.807) is 65.5 Å². The summed E-state index contributed by atoms with van der Waals surface area (Å²) in [5, 5.41) is 7.08. The number of hydrogen-bond acceptors (Lipinski definition) is 7. The van der Waals surface area contributed by atoms with Gasteiger partial charge in [0, 0.05) is 16.1 Å². The van der Waals surface area contributed by atoms with Gasteiger partial charge in [0.05, 0.1) is 22.3 Å². The van der Waals surface area contributed by atoms with Crippen LogP contribution in [0.3, 0.4) is 0 Å². The number of halogens is 1. The Morgan fingerprint density at radius 2 is 0.469 bits per heavy atom. The van der Waals surface area contributed by atoms with E-state index in [4.69, 9.17) is 8.85 Å². The molecule has 0 spiro atoms. The second-order valence-corrected chi connectivity index (χ2v) is 68.2. The van der Waals surface area contributed by atoms with Gasteiger partial charge in [0.2, 0.25) is 16.6 Å². The van der Waals surface area contributed by atoms with Crippen molar-refractivity contribution in [2.45, 2.75) is 192 Å². The van der Waals surface area contributed by atoms with Crippen molar-refractivity contribution in [3.63, 3.8) is 0 Å². The van der Waals surface area contributed by atoms with Crippen molar-refractivity contribution in [3.8, 4) is 0 Å². The first-order valence-corrected chi connectivity index (χ1v) is 73.3. The van der Waals surface area contributed by atoms with E-state index in [0.29, 0.717) is 11.1 Å². The molecule has 4 unspecified atom stereocenters. The van der Waals surface area contributed by atoms with Gasteiger partial charge in [-0.3, -0.25) is 0 Å². The van der Waals surface area contributed by atoms with Gasteiger partial charge in [0.1, 0.15) is 8.07 Å². The maximum absolute atomic E-state index is 9.63. The fourth-order valence-corrected chi connectivity index (χ4v) is 30.7. The van der Waals surface area contributed by atoms with Crippen LogP contribution in [0.1, 0.15) is 111 Å². The van der Waals surface area contributed by atoms with Crippen molar-refractivity contribution in [3.05, 3.63) is 430 Å². The summed E-state index contributed by atoms with van der Waals surface area (Å²) in [5.74, 6) is 0.284. The molecule has 18 heteroatoms. The highest BCUT2D eigenvalue weighted by molar-refractivity contribution is 9.10. The zero-order chi connectivity index (χ0) is 95.1. The van der Waals surface area contributed by atoms with E-state index >= 15 is 0 Å². The molecule has 0 saturated carbocycles. The Kier molecular flexibility index (Phi) is 48.4. The Bertz CT molecular complexity index is 5380. The molecule has 0 saturated heterocycles. The molecule has 678 valence electrons. The van der Waals surface area contributed by atoms with Crippen LogP contribution in [0.5, 0.6) is 0 Å². The van der Waals surface area contributed by atoms with Gasteiger partial charge in [0.25, 0.3) is 43.4 Å². The number of allylic oxidation sites excluding steroid dienone is 3.